The third-order valence-electron chi connectivity index (χ3n) is 3.26. The summed E-state index contributed by atoms with van der Waals surface area (Å²) >= 11 is 0. The molecule has 1 saturated heterocycles. The zero-order chi connectivity index (χ0) is 10.7. The highest BCUT2D eigenvalue weighted by molar-refractivity contribution is 5.65. The van der Waals surface area contributed by atoms with E-state index in [9.17, 15) is 4.79 Å². The number of likely N-dealkylation sites (tertiary alicyclic amines) is 1. The summed E-state index contributed by atoms with van der Waals surface area (Å²) in [5.41, 5.74) is 5.89. The van der Waals surface area contributed by atoms with Crippen LogP contribution in [0.15, 0.2) is 0 Å². The standard InChI is InChI=1S/C10H20N2O2/c1-3-8-6-12(10(13)14)5-4-9(8)7(2)11/h7-9H,3-6,11H2,1-2H3,(H,13,14)/t7?,8-,9-/m0/s1. The molecule has 4 nitrogen and oxygen atoms in total. The lowest BCUT2D eigenvalue weighted by atomic mass is 9.80. The van der Waals surface area contributed by atoms with Gasteiger partial charge in [-0.15, -0.1) is 0 Å². The molecule has 4 heteroatoms. The van der Waals surface area contributed by atoms with Gasteiger partial charge in [0.05, 0.1) is 0 Å². The van der Waals surface area contributed by atoms with Crippen molar-refractivity contribution in [2.45, 2.75) is 32.7 Å². The van der Waals surface area contributed by atoms with Crippen molar-refractivity contribution in [2.75, 3.05) is 13.1 Å². The highest BCUT2D eigenvalue weighted by atomic mass is 16.4. The number of carbonyl (C=O) groups is 1. The molecule has 3 N–H and O–H groups in total. The van der Waals surface area contributed by atoms with Crippen LogP contribution in [0.1, 0.15) is 26.7 Å². The number of rotatable bonds is 2. The second-order valence-corrected chi connectivity index (χ2v) is 4.21. The predicted octanol–water partition coefficient (Wildman–Crippen LogP) is 1.36. The Morgan fingerprint density at radius 3 is 2.79 bits per heavy atom. The maximum Gasteiger partial charge on any atom is 0.407 e. The van der Waals surface area contributed by atoms with Crippen molar-refractivity contribution >= 4 is 6.09 Å². The highest BCUT2D eigenvalue weighted by Crippen LogP contribution is 2.28. The Hall–Kier alpha value is -0.770. The van der Waals surface area contributed by atoms with Crippen molar-refractivity contribution in [3.8, 4) is 0 Å². The van der Waals surface area contributed by atoms with E-state index in [1.807, 2.05) is 6.92 Å². The van der Waals surface area contributed by atoms with E-state index >= 15 is 0 Å². The van der Waals surface area contributed by atoms with Crippen molar-refractivity contribution in [1.82, 2.24) is 4.90 Å². The Balaban J connectivity index is 2.59. The normalized spacial score (nSPS) is 30.1. The van der Waals surface area contributed by atoms with Crippen LogP contribution in [-0.2, 0) is 0 Å². The molecule has 0 aliphatic carbocycles. The van der Waals surface area contributed by atoms with Gasteiger partial charge in [-0.05, 0) is 25.2 Å². The summed E-state index contributed by atoms with van der Waals surface area (Å²) in [6, 6.07) is 0.177. The molecule has 3 atom stereocenters. The number of hydrogen-bond acceptors (Lipinski definition) is 2. The smallest absolute Gasteiger partial charge is 0.407 e. The summed E-state index contributed by atoms with van der Waals surface area (Å²) in [7, 11) is 0. The van der Waals surface area contributed by atoms with E-state index in [0.717, 1.165) is 12.8 Å². The first-order valence-corrected chi connectivity index (χ1v) is 5.29. The maximum absolute atomic E-state index is 10.8. The highest BCUT2D eigenvalue weighted by Gasteiger charge is 2.31. The molecule has 1 amide bonds. The van der Waals surface area contributed by atoms with E-state index in [4.69, 9.17) is 10.8 Å². The van der Waals surface area contributed by atoms with Gasteiger partial charge in [-0.25, -0.2) is 4.79 Å². The summed E-state index contributed by atoms with van der Waals surface area (Å²) in [4.78, 5) is 12.3. The van der Waals surface area contributed by atoms with Gasteiger partial charge in [0, 0.05) is 19.1 Å². The largest absolute Gasteiger partial charge is 0.465 e. The zero-order valence-electron chi connectivity index (χ0n) is 8.94. The van der Waals surface area contributed by atoms with Gasteiger partial charge in [0.15, 0.2) is 0 Å². The average Bonchev–Trinajstić information content (AvgIpc) is 2.16. The molecule has 1 aliphatic heterocycles. The second-order valence-electron chi connectivity index (χ2n) is 4.21. The van der Waals surface area contributed by atoms with Gasteiger partial charge in [-0.3, -0.25) is 0 Å². The van der Waals surface area contributed by atoms with Crippen LogP contribution in [0.25, 0.3) is 0 Å². The minimum Gasteiger partial charge on any atom is -0.465 e. The molecule has 0 saturated carbocycles. The monoisotopic (exact) mass is 200 g/mol. The van der Waals surface area contributed by atoms with Crippen LogP contribution < -0.4 is 5.73 Å². The molecule has 1 unspecified atom stereocenters. The molecule has 1 aliphatic rings. The number of nitrogens with zero attached hydrogens (tertiary/aromatic N) is 1. The van der Waals surface area contributed by atoms with Gasteiger partial charge >= 0.3 is 6.09 Å². The molecular formula is C10H20N2O2. The van der Waals surface area contributed by atoms with E-state index in [0.29, 0.717) is 24.9 Å². The van der Waals surface area contributed by atoms with Gasteiger partial charge in [0.25, 0.3) is 0 Å². The molecule has 1 fully saturated rings. The lowest BCUT2D eigenvalue weighted by molar-refractivity contribution is 0.0879. The van der Waals surface area contributed by atoms with E-state index in [2.05, 4.69) is 6.92 Å². The van der Waals surface area contributed by atoms with Gasteiger partial charge in [0.1, 0.15) is 0 Å². The number of nitrogens with two attached hydrogens (primary N) is 1. The Morgan fingerprint density at radius 1 is 1.71 bits per heavy atom. The molecule has 0 aromatic rings. The van der Waals surface area contributed by atoms with Crippen molar-refractivity contribution in [3.63, 3.8) is 0 Å². The molecule has 0 bridgehead atoms. The lowest BCUT2D eigenvalue weighted by Gasteiger charge is -2.38. The van der Waals surface area contributed by atoms with Crippen LogP contribution in [-0.4, -0.2) is 35.2 Å². The number of carboxylic acid groups (broad SMARTS) is 1. The fourth-order valence-corrected chi connectivity index (χ4v) is 2.35. The summed E-state index contributed by atoms with van der Waals surface area (Å²) < 4.78 is 0. The number of piperidine rings is 1. The SMILES string of the molecule is CC[C@H]1CN(C(=O)O)CC[C@H]1C(C)N. The Kier molecular flexibility index (Phi) is 3.75. The first-order chi connectivity index (χ1) is 6.56. The van der Waals surface area contributed by atoms with Crippen LogP contribution in [0.2, 0.25) is 0 Å². The Bertz CT molecular complexity index is 206. The summed E-state index contributed by atoms with van der Waals surface area (Å²) in [6.07, 6.45) is 1.12. The van der Waals surface area contributed by atoms with Gasteiger partial charge in [-0.2, -0.15) is 0 Å². The minimum atomic E-state index is -0.799. The van der Waals surface area contributed by atoms with Crippen LogP contribution in [0, 0.1) is 11.8 Å². The molecule has 0 aromatic heterocycles. The first kappa shape index (κ1) is 11.3. The Morgan fingerprint density at radius 2 is 2.36 bits per heavy atom. The van der Waals surface area contributed by atoms with Crippen LogP contribution in [0.4, 0.5) is 4.79 Å². The summed E-state index contributed by atoms with van der Waals surface area (Å²) in [6.45, 7) is 5.41. The molecule has 0 spiro atoms. The van der Waals surface area contributed by atoms with Crippen molar-refractivity contribution in [3.05, 3.63) is 0 Å². The maximum atomic E-state index is 10.8. The first-order valence-electron chi connectivity index (χ1n) is 5.29. The Labute approximate surface area is 85.1 Å². The quantitative estimate of drug-likeness (QED) is 0.707. The topological polar surface area (TPSA) is 66.6 Å². The zero-order valence-corrected chi connectivity index (χ0v) is 8.94. The molecular weight excluding hydrogens is 180 g/mol. The third-order valence-corrected chi connectivity index (χ3v) is 3.26. The van der Waals surface area contributed by atoms with Gasteiger partial charge < -0.3 is 15.7 Å². The van der Waals surface area contributed by atoms with Crippen LogP contribution in [0.5, 0.6) is 0 Å². The predicted molar refractivity (Wildman–Crippen MR) is 55.1 cm³/mol. The fourth-order valence-electron chi connectivity index (χ4n) is 2.35. The second kappa shape index (κ2) is 4.64. The van der Waals surface area contributed by atoms with E-state index in [-0.39, 0.29) is 6.04 Å². The minimum absolute atomic E-state index is 0.177. The molecule has 82 valence electrons. The summed E-state index contributed by atoms with van der Waals surface area (Å²) in [5, 5.41) is 8.87. The summed E-state index contributed by atoms with van der Waals surface area (Å²) in [5.74, 6) is 0.912. The van der Waals surface area contributed by atoms with Crippen LogP contribution >= 0.6 is 0 Å². The van der Waals surface area contributed by atoms with Crippen molar-refractivity contribution < 1.29 is 9.90 Å². The third kappa shape index (κ3) is 2.38. The lowest BCUT2D eigenvalue weighted by Crippen LogP contribution is -2.47. The molecule has 1 heterocycles. The average molecular weight is 200 g/mol. The van der Waals surface area contributed by atoms with E-state index in [1.54, 1.807) is 0 Å². The van der Waals surface area contributed by atoms with E-state index in [1.165, 1.54) is 4.90 Å². The van der Waals surface area contributed by atoms with E-state index < -0.39 is 6.09 Å². The molecule has 14 heavy (non-hydrogen) atoms. The van der Waals surface area contributed by atoms with Gasteiger partial charge in [0.2, 0.25) is 0 Å². The molecule has 1 rings (SSSR count). The van der Waals surface area contributed by atoms with Crippen molar-refractivity contribution in [2.24, 2.45) is 17.6 Å². The number of amides is 1. The van der Waals surface area contributed by atoms with Gasteiger partial charge in [-0.1, -0.05) is 13.3 Å². The fraction of sp³-hybridized carbons (Fsp3) is 0.900. The molecule has 0 radical (unpaired) electrons. The molecule has 0 aromatic carbocycles. The van der Waals surface area contributed by atoms with Crippen molar-refractivity contribution in [1.29, 1.82) is 0 Å². The number of hydrogen-bond donors (Lipinski definition) is 2. The van der Waals surface area contributed by atoms with Crippen LogP contribution in [0.3, 0.4) is 0 Å².